The number of amides is 1. The molecule has 0 aliphatic heterocycles. The zero-order valence-corrected chi connectivity index (χ0v) is 18.5. The Labute approximate surface area is 186 Å². The van der Waals surface area contributed by atoms with Crippen molar-refractivity contribution in [3.05, 3.63) is 58.6 Å². The maximum atomic E-state index is 12.3. The molecule has 9 nitrogen and oxygen atoms in total. The third kappa shape index (κ3) is 5.97. The lowest BCUT2D eigenvalue weighted by Crippen LogP contribution is -2.17. The first kappa shape index (κ1) is 21.7. The predicted molar refractivity (Wildman–Crippen MR) is 122 cm³/mol. The Morgan fingerprint density at radius 1 is 1.27 bits per heavy atom. The fourth-order valence-corrected chi connectivity index (χ4v) is 3.25. The Balaban J connectivity index is 1.53. The molecule has 11 heteroatoms. The monoisotopic (exact) mass is 489 g/mol. The highest BCUT2D eigenvalue weighted by molar-refractivity contribution is 9.10. The Morgan fingerprint density at radius 3 is 2.80 bits per heavy atom. The zero-order valence-electron chi connectivity index (χ0n) is 16.1. The van der Waals surface area contributed by atoms with Gasteiger partial charge in [0.1, 0.15) is 5.75 Å². The maximum absolute atomic E-state index is 12.3. The average Bonchev–Trinajstić information content (AvgIpc) is 3.09. The van der Waals surface area contributed by atoms with Gasteiger partial charge >= 0.3 is 0 Å². The van der Waals surface area contributed by atoms with Crippen LogP contribution in [0.3, 0.4) is 0 Å². The van der Waals surface area contributed by atoms with Gasteiger partial charge in [-0.3, -0.25) is 4.79 Å². The normalized spacial score (nSPS) is 10.9. The highest BCUT2D eigenvalue weighted by atomic mass is 79.9. The molecular formula is C19H20BrN7O2S. The molecule has 0 saturated heterocycles. The van der Waals surface area contributed by atoms with Crippen molar-refractivity contribution in [3.8, 4) is 5.75 Å². The van der Waals surface area contributed by atoms with Crippen molar-refractivity contribution < 1.29 is 9.53 Å². The molecule has 0 aliphatic rings. The average molecular weight is 490 g/mol. The van der Waals surface area contributed by atoms with Crippen LogP contribution in [-0.2, 0) is 4.79 Å². The van der Waals surface area contributed by atoms with E-state index in [1.807, 2.05) is 43.3 Å². The second-order valence-electron chi connectivity index (χ2n) is 5.86. The number of benzene rings is 2. The fourth-order valence-electron chi connectivity index (χ4n) is 2.33. The second-order valence-corrected chi connectivity index (χ2v) is 7.72. The summed E-state index contributed by atoms with van der Waals surface area (Å²) in [4.78, 5) is 12.3. The number of hydrazone groups is 1. The van der Waals surface area contributed by atoms with Gasteiger partial charge in [0.05, 0.1) is 24.3 Å². The Kier molecular flexibility index (Phi) is 7.69. The number of nitrogens with two attached hydrogens (primary N) is 1. The number of hydrogen-bond donors (Lipinski definition) is 3. The molecule has 1 amide bonds. The zero-order chi connectivity index (χ0) is 21.3. The van der Waals surface area contributed by atoms with Gasteiger partial charge in [0.25, 0.3) is 5.95 Å². The van der Waals surface area contributed by atoms with E-state index in [4.69, 9.17) is 10.6 Å². The summed E-state index contributed by atoms with van der Waals surface area (Å²) in [5.74, 6) is 6.76. The molecule has 4 N–H and O–H groups in total. The lowest BCUT2D eigenvalue weighted by atomic mass is 10.2. The number of aromatic nitrogens is 3. The summed E-state index contributed by atoms with van der Waals surface area (Å²) < 4.78 is 7.73. The topological polar surface area (TPSA) is 119 Å². The third-order valence-corrected chi connectivity index (χ3v) is 5.18. The van der Waals surface area contributed by atoms with Gasteiger partial charge in [-0.15, -0.1) is 10.2 Å². The lowest BCUT2D eigenvalue weighted by Gasteiger charge is -2.10. The third-order valence-electron chi connectivity index (χ3n) is 3.71. The van der Waals surface area contributed by atoms with Gasteiger partial charge in [0.2, 0.25) is 11.1 Å². The number of ether oxygens (including phenoxy) is 1. The molecule has 30 heavy (non-hydrogen) atoms. The van der Waals surface area contributed by atoms with E-state index in [0.29, 0.717) is 23.2 Å². The summed E-state index contributed by atoms with van der Waals surface area (Å²) >= 11 is 4.54. The molecule has 1 aromatic heterocycles. The van der Waals surface area contributed by atoms with Gasteiger partial charge < -0.3 is 15.9 Å². The van der Waals surface area contributed by atoms with E-state index in [9.17, 15) is 4.79 Å². The second kappa shape index (κ2) is 10.6. The van der Waals surface area contributed by atoms with Crippen LogP contribution in [0, 0.1) is 0 Å². The van der Waals surface area contributed by atoms with Crippen LogP contribution in [0.25, 0.3) is 0 Å². The largest absolute Gasteiger partial charge is 0.492 e. The van der Waals surface area contributed by atoms with Crippen LogP contribution in [0.2, 0.25) is 0 Å². The Hall–Kier alpha value is -3.05. The first-order chi connectivity index (χ1) is 14.6. The molecule has 0 fully saturated rings. The van der Waals surface area contributed by atoms with Crippen molar-refractivity contribution in [2.45, 2.75) is 12.1 Å². The minimum absolute atomic E-state index is 0.109. The van der Waals surface area contributed by atoms with Crippen LogP contribution >= 0.6 is 27.7 Å². The van der Waals surface area contributed by atoms with Crippen LogP contribution < -0.4 is 21.3 Å². The van der Waals surface area contributed by atoms with Gasteiger partial charge in [-0.2, -0.15) is 5.10 Å². The molecule has 2 aromatic carbocycles. The van der Waals surface area contributed by atoms with Gasteiger partial charge in [0.15, 0.2) is 0 Å². The SMILES string of the molecule is CCOc1ccccc1NC(=O)CSc1nnc(N/N=C/c2ccc(Br)cc2)n1N. The van der Waals surface area contributed by atoms with E-state index in [1.165, 1.54) is 4.68 Å². The van der Waals surface area contributed by atoms with Crippen LogP contribution in [0.1, 0.15) is 12.5 Å². The molecule has 156 valence electrons. The first-order valence-corrected chi connectivity index (χ1v) is 10.7. The molecule has 0 saturated carbocycles. The number of nitrogen functional groups attached to an aromatic ring is 1. The Morgan fingerprint density at radius 2 is 2.03 bits per heavy atom. The predicted octanol–water partition coefficient (Wildman–Crippen LogP) is 3.33. The summed E-state index contributed by atoms with van der Waals surface area (Å²) in [7, 11) is 0. The number of rotatable bonds is 9. The summed E-state index contributed by atoms with van der Waals surface area (Å²) in [5.41, 5.74) is 4.26. The number of carbonyl (C=O) groups is 1. The molecular weight excluding hydrogens is 470 g/mol. The van der Waals surface area contributed by atoms with E-state index in [1.54, 1.807) is 18.3 Å². The number of thioether (sulfide) groups is 1. The highest BCUT2D eigenvalue weighted by Gasteiger charge is 2.13. The standard InChI is InChI=1S/C19H20BrN7O2S/c1-2-29-16-6-4-3-5-15(16)23-17(28)12-30-19-26-25-18(27(19)21)24-22-11-13-7-9-14(20)10-8-13/h3-11H,2,12,21H2,1H3,(H,23,28)(H,24,25)/b22-11+. The van der Waals surface area contributed by atoms with E-state index < -0.39 is 0 Å². The molecule has 0 atom stereocenters. The molecule has 0 radical (unpaired) electrons. The van der Waals surface area contributed by atoms with Gasteiger partial charge in [0, 0.05) is 4.47 Å². The van der Waals surface area contributed by atoms with Gasteiger partial charge in [-0.05, 0) is 36.8 Å². The van der Waals surface area contributed by atoms with Crippen molar-refractivity contribution in [3.63, 3.8) is 0 Å². The molecule has 0 unspecified atom stereocenters. The van der Waals surface area contributed by atoms with Crippen molar-refractivity contribution >= 4 is 51.4 Å². The van der Waals surface area contributed by atoms with Crippen LogP contribution in [-0.4, -0.2) is 39.4 Å². The number of anilines is 2. The number of hydrogen-bond acceptors (Lipinski definition) is 8. The molecule has 0 spiro atoms. The minimum Gasteiger partial charge on any atom is -0.492 e. The molecule has 0 aliphatic carbocycles. The highest BCUT2D eigenvalue weighted by Crippen LogP contribution is 2.24. The minimum atomic E-state index is -0.210. The smallest absolute Gasteiger partial charge is 0.264 e. The van der Waals surface area contributed by atoms with Gasteiger partial charge in [-0.25, -0.2) is 10.1 Å². The maximum Gasteiger partial charge on any atom is 0.264 e. The molecule has 3 aromatic rings. The Bertz CT molecular complexity index is 1020. The summed E-state index contributed by atoms with van der Waals surface area (Å²) in [6.07, 6.45) is 1.64. The van der Waals surface area contributed by atoms with E-state index >= 15 is 0 Å². The summed E-state index contributed by atoms with van der Waals surface area (Å²) in [5, 5.41) is 15.2. The first-order valence-electron chi connectivity index (χ1n) is 8.96. The summed E-state index contributed by atoms with van der Waals surface area (Å²) in [6, 6.07) is 14.9. The number of para-hydroxylation sites is 2. The number of nitrogens with zero attached hydrogens (tertiary/aromatic N) is 4. The molecule has 3 rings (SSSR count). The number of halogens is 1. The van der Waals surface area contributed by atoms with Crippen molar-refractivity contribution in [2.24, 2.45) is 5.10 Å². The number of carbonyl (C=O) groups excluding carboxylic acids is 1. The molecule has 0 bridgehead atoms. The van der Waals surface area contributed by atoms with Crippen LogP contribution in [0.4, 0.5) is 11.6 Å². The van der Waals surface area contributed by atoms with Gasteiger partial charge in [-0.1, -0.05) is 52.0 Å². The van der Waals surface area contributed by atoms with Crippen molar-refractivity contribution in [1.82, 2.24) is 14.9 Å². The summed E-state index contributed by atoms with van der Waals surface area (Å²) in [6.45, 7) is 2.40. The van der Waals surface area contributed by atoms with E-state index in [2.05, 4.69) is 42.0 Å². The lowest BCUT2D eigenvalue weighted by molar-refractivity contribution is -0.113. The quantitative estimate of drug-likeness (QED) is 0.182. The van der Waals surface area contributed by atoms with E-state index in [0.717, 1.165) is 21.8 Å². The number of nitrogens with one attached hydrogen (secondary N) is 2. The van der Waals surface area contributed by atoms with Crippen LogP contribution in [0.5, 0.6) is 5.75 Å². The van der Waals surface area contributed by atoms with Crippen LogP contribution in [0.15, 0.2) is 63.3 Å². The van der Waals surface area contributed by atoms with Crippen molar-refractivity contribution in [2.75, 3.05) is 28.9 Å². The van der Waals surface area contributed by atoms with Crippen molar-refractivity contribution in [1.29, 1.82) is 0 Å². The fraction of sp³-hybridized carbons (Fsp3) is 0.158. The molecule has 1 heterocycles. The van der Waals surface area contributed by atoms with E-state index in [-0.39, 0.29) is 17.6 Å².